The van der Waals surface area contributed by atoms with Crippen LogP contribution in [0.1, 0.15) is 32.3 Å². The predicted octanol–water partition coefficient (Wildman–Crippen LogP) is 2.43. The molecule has 2 aromatic rings. The SMILES string of the molecule is CCNc1ncnc(-c2cnn(C)c2)c1C(C)C. The molecule has 0 saturated heterocycles. The van der Waals surface area contributed by atoms with E-state index in [2.05, 4.69) is 41.2 Å². The Bertz CT molecular complexity index is 530. The summed E-state index contributed by atoms with van der Waals surface area (Å²) in [6, 6.07) is 0. The van der Waals surface area contributed by atoms with Crippen LogP contribution in [-0.4, -0.2) is 26.3 Å². The molecule has 5 heteroatoms. The van der Waals surface area contributed by atoms with E-state index in [1.807, 2.05) is 19.4 Å². The molecule has 0 amide bonds. The molecule has 0 saturated carbocycles. The summed E-state index contributed by atoms with van der Waals surface area (Å²) < 4.78 is 1.79. The van der Waals surface area contributed by atoms with Gasteiger partial charge in [0, 0.05) is 30.9 Å². The maximum atomic E-state index is 4.42. The standard InChI is InChI=1S/C13H19N5/c1-5-14-13-11(9(2)3)12(15-8-16-13)10-6-17-18(4)7-10/h6-9H,5H2,1-4H3,(H,14,15,16). The number of hydrogen-bond donors (Lipinski definition) is 1. The van der Waals surface area contributed by atoms with Gasteiger partial charge in [0.15, 0.2) is 0 Å². The molecule has 2 rings (SSSR count). The van der Waals surface area contributed by atoms with Gasteiger partial charge < -0.3 is 5.32 Å². The number of nitrogens with zero attached hydrogens (tertiary/aromatic N) is 4. The molecule has 0 radical (unpaired) electrons. The van der Waals surface area contributed by atoms with Crippen LogP contribution in [0.2, 0.25) is 0 Å². The molecular formula is C13H19N5. The van der Waals surface area contributed by atoms with Gasteiger partial charge in [0.05, 0.1) is 11.9 Å². The maximum Gasteiger partial charge on any atom is 0.133 e. The van der Waals surface area contributed by atoms with Gasteiger partial charge in [-0.25, -0.2) is 9.97 Å². The topological polar surface area (TPSA) is 55.6 Å². The van der Waals surface area contributed by atoms with Crippen molar-refractivity contribution in [1.82, 2.24) is 19.7 Å². The van der Waals surface area contributed by atoms with Crippen LogP contribution in [0, 0.1) is 0 Å². The Kier molecular flexibility index (Phi) is 3.60. The minimum absolute atomic E-state index is 0.357. The van der Waals surface area contributed by atoms with Gasteiger partial charge in [0.25, 0.3) is 0 Å². The van der Waals surface area contributed by atoms with Crippen molar-refractivity contribution in [3.05, 3.63) is 24.3 Å². The third-order valence-electron chi connectivity index (χ3n) is 2.78. The molecule has 2 aromatic heterocycles. The molecule has 0 atom stereocenters. The van der Waals surface area contributed by atoms with Crippen molar-refractivity contribution < 1.29 is 0 Å². The number of aryl methyl sites for hydroxylation is 1. The van der Waals surface area contributed by atoms with Crippen molar-refractivity contribution in [2.75, 3.05) is 11.9 Å². The molecule has 0 bridgehead atoms. The van der Waals surface area contributed by atoms with E-state index in [1.165, 1.54) is 0 Å². The number of anilines is 1. The smallest absolute Gasteiger partial charge is 0.133 e. The molecule has 96 valence electrons. The lowest BCUT2D eigenvalue weighted by Gasteiger charge is -2.15. The molecule has 0 aliphatic heterocycles. The lowest BCUT2D eigenvalue weighted by molar-refractivity contribution is 0.768. The van der Waals surface area contributed by atoms with E-state index in [4.69, 9.17) is 0 Å². The zero-order valence-corrected chi connectivity index (χ0v) is 11.3. The first-order valence-corrected chi connectivity index (χ1v) is 6.21. The Hall–Kier alpha value is -1.91. The summed E-state index contributed by atoms with van der Waals surface area (Å²) in [6.45, 7) is 7.22. The molecule has 0 unspecified atom stereocenters. The molecule has 18 heavy (non-hydrogen) atoms. The number of aromatic nitrogens is 4. The number of nitrogens with one attached hydrogen (secondary N) is 1. The minimum atomic E-state index is 0.357. The first kappa shape index (κ1) is 12.5. The average Bonchev–Trinajstić information content (AvgIpc) is 2.75. The largest absolute Gasteiger partial charge is 0.370 e. The van der Waals surface area contributed by atoms with Crippen molar-refractivity contribution in [3.63, 3.8) is 0 Å². The summed E-state index contributed by atoms with van der Waals surface area (Å²) >= 11 is 0. The highest BCUT2D eigenvalue weighted by molar-refractivity contribution is 5.68. The van der Waals surface area contributed by atoms with Gasteiger partial charge in [-0.05, 0) is 12.8 Å². The highest BCUT2D eigenvalue weighted by Gasteiger charge is 2.16. The fourth-order valence-corrected chi connectivity index (χ4v) is 2.02. The zero-order valence-electron chi connectivity index (χ0n) is 11.3. The molecule has 0 aromatic carbocycles. The molecule has 1 N–H and O–H groups in total. The highest BCUT2D eigenvalue weighted by Crippen LogP contribution is 2.31. The molecule has 2 heterocycles. The molecule has 0 aliphatic rings. The molecule has 0 fully saturated rings. The van der Waals surface area contributed by atoms with Crippen LogP contribution < -0.4 is 5.32 Å². The van der Waals surface area contributed by atoms with Crippen LogP contribution in [0.5, 0.6) is 0 Å². The first-order chi connectivity index (χ1) is 8.63. The van der Waals surface area contributed by atoms with Gasteiger partial charge in [-0.15, -0.1) is 0 Å². The van der Waals surface area contributed by atoms with Crippen LogP contribution in [0.25, 0.3) is 11.3 Å². The van der Waals surface area contributed by atoms with E-state index in [1.54, 1.807) is 11.0 Å². The summed E-state index contributed by atoms with van der Waals surface area (Å²) in [5, 5.41) is 7.50. The van der Waals surface area contributed by atoms with Crippen molar-refractivity contribution >= 4 is 5.82 Å². The zero-order chi connectivity index (χ0) is 13.1. The lowest BCUT2D eigenvalue weighted by atomic mass is 9.99. The van der Waals surface area contributed by atoms with Crippen LogP contribution in [0.4, 0.5) is 5.82 Å². The van der Waals surface area contributed by atoms with E-state index in [9.17, 15) is 0 Å². The van der Waals surface area contributed by atoms with Crippen LogP contribution >= 0.6 is 0 Å². The highest BCUT2D eigenvalue weighted by atomic mass is 15.2. The van der Waals surface area contributed by atoms with Crippen molar-refractivity contribution in [2.24, 2.45) is 7.05 Å². The van der Waals surface area contributed by atoms with Crippen molar-refractivity contribution in [2.45, 2.75) is 26.7 Å². The summed E-state index contributed by atoms with van der Waals surface area (Å²) in [6.07, 6.45) is 5.42. The lowest BCUT2D eigenvalue weighted by Crippen LogP contribution is -2.07. The third kappa shape index (κ3) is 2.34. The predicted molar refractivity (Wildman–Crippen MR) is 72.5 cm³/mol. The van der Waals surface area contributed by atoms with E-state index in [0.29, 0.717) is 5.92 Å². The summed E-state index contributed by atoms with van der Waals surface area (Å²) in [7, 11) is 1.91. The number of rotatable bonds is 4. The molecule has 5 nitrogen and oxygen atoms in total. The fourth-order valence-electron chi connectivity index (χ4n) is 2.02. The Balaban J connectivity index is 2.56. The molecular weight excluding hydrogens is 226 g/mol. The summed E-state index contributed by atoms with van der Waals surface area (Å²) in [5.41, 5.74) is 3.14. The van der Waals surface area contributed by atoms with E-state index < -0.39 is 0 Å². The van der Waals surface area contributed by atoms with Crippen LogP contribution in [0.15, 0.2) is 18.7 Å². The van der Waals surface area contributed by atoms with Gasteiger partial charge in [0.2, 0.25) is 0 Å². The minimum Gasteiger partial charge on any atom is -0.370 e. The van der Waals surface area contributed by atoms with Gasteiger partial charge in [-0.2, -0.15) is 5.10 Å². The quantitative estimate of drug-likeness (QED) is 0.898. The van der Waals surface area contributed by atoms with E-state index in [-0.39, 0.29) is 0 Å². The maximum absolute atomic E-state index is 4.42. The average molecular weight is 245 g/mol. The van der Waals surface area contributed by atoms with Crippen molar-refractivity contribution in [1.29, 1.82) is 0 Å². The van der Waals surface area contributed by atoms with Gasteiger partial charge in [-0.3, -0.25) is 4.68 Å². The summed E-state index contributed by atoms with van der Waals surface area (Å²) in [5.74, 6) is 1.27. The van der Waals surface area contributed by atoms with Crippen LogP contribution in [0.3, 0.4) is 0 Å². The van der Waals surface area contributed by atoms with E-state index in [0.717, 1.165) is 29.2 Å². The second-order valence-electron chi connectivity index (χ2n) is 4.57. The van der Waals surface area contributed by atoms with E-state index >= 15 is 0 Å². The fraction of sp³-hybridized carbons (Fsp3) is 0.462. The molecule has 0 aliphatic carbocycles. The van der Waals surface area contributed by atoms with Gasteiger partial charge in [0.1, 0.15) is 12.1 Å². The van der Waals surface area contributed by atoms with Crippen molar-refractivity contribution in [3.8, 4) is 11.3 Å². The second kappa shape index (κ2) is 5.16. The number of hydrogen-bond acceptors (Lipinski definition) is 4. The van der Waals surface area contributed by atoms with Gasteiger partial charge >= 0.3 is 0 Å². The van der Waals surface area contributed by atoms with Crippen LogP contribution in [-0.2, 0) is 7.05 Å². The Morgan fingerprint density at radius 2 is 2.11 bits per heavy atom. The summed E-state index contributed by atoms with van der Waals surface area (Å²) in [4.78, 5) is 8.76. The first-order valence-electron chi connectivity index (χ1n) is 6.21. The Labute approximate surface area is 107 Å². The Morgan fingerprint density at radius 1 is 1.33 bits per heavy atom. The normalized spacial score (nSPS) is 10.9. The van der Waals surface area contributed by atoms with Gasteiger partial charge in [-0.1, -0.05) is 13.8 Å². The second-order valence-corrected chi connectivity index (χ2v) is 4.57. The molecule has 0 spiro atoms. The third-order valence-corrected chi connectivity index (χ3v) is 2.78. The monoisotopic (exact) mass is 245 g/mol. The Morgan fingerprint density at radius 3 is 2.67 bits per heavy atom.